The molecule has 1 heterocycles. The number of sulfonamides is 1. The van der Waals surface area contributed by atoms with Crippen molar-refractivity contribution >= 4 is 33.4 Å². The van der Waals surface area contributed by atoms with E-state index in [1.807, 2.05) is 54.6 Å². The highest BCUT2D eigenvalue weighted by atomic mass is 35.5. The number of halogens is 1. The van der Waals surface area contributed by atoms with E-state index in [0.717, 1.165) is 22.3 Å². The van der Waals surface area contributed by atoms with Crippen LogP contribution in [0.15, 0.2) is 108 Å². The smallest absolute Gasteiger partial charge is 0.243 e. The van der Waals surface area contributed by atoms with Gasteiger partial charge in [0.1, 0.15) is 6.04 Å². The maximum atomic E-state index is 13.9. The Morgan fingerprint density at radius 1 is 0.860 bits per heavy atom. The van der Waals surface area contributed by atoms with E-state index in [2.05, 4.69) is 15.0 Å². The van der Waals surface area contributed by atoms with Gasteiger partial charge in [-0.15, -0.1) is 0 Å². The zero-order valence-electron chi connectivity index (χ0n) is 23.9. The molecule has 0 spiro atoms. The molecule has 1 unspecified atom stereocenters. The number of aryl methyl sites for hydroxylation is 1. The number of nitrogens with one attached hydrogen (secondary N) is 2. The van der Waals surface area contributed by atoms with Gasteiger partial charge < -0.3 is 10.2 Å². The molecule has 2 N–H and O–H groups in total. The number of amides is 2. The largest absolute Gasteiger partial charge is 0.350 e. The van der Waals surface area contributed by atoms with Crippen LogP contribution < -0.4 is 10.0 Å². The Kier molecular flexibility index (Phi) is 11.4. The van der Waals surface area contributed by atoms with Crippen molar-refractivity contribution in [1.82, 2.24) is 19.9 Å². The van der Waals surface area contributed by atoms with E-state index in [9.17, 15) is 18.0 Å². The lowest BCUT2D eigenvalue weighted by Gasteiger charge is -2.32. The molecule has 0 aliphatic carbocycles. The van der Waals surface area contributed by atoms with Gasteiger partial charge in [-0.25, -0.2) is 13.1 Å². The van der Waals surface area contributed by atoms with Crippen molar-refractivity contribution in [3.05, 3.63) is 131 Å². The average Bonchev–Trinajstić information content (AvgIpc) is 3.02. The highest BCUT2D eigenvalue weighted by Gasteiger charge is 2.30. The van der Waals surface area contributed by atoms with Crippen molar-refractivity contribution in [2.75, 3.05) is 6.54 Å². The topological polar surface area (TPSA) is 108 Å². The van der Waals surface area contributed by atoms with Gasteiger partial charge in [-0.1, -0.05) is 79.2 Å². The summed E-state index contributed by atoms with van der Waals surface area (Å²) < 4.78 is 27.1. The van der Waals surface area contributed by atoms with E-state index in [-0.39, 0.29) is 36.2 Å². The molecular formula is C33H35ClN4O4S. The predicted molar refractivity (Wildman–Crippen MR) is 168 cm³/mol. The zero-order chi connectivity index (χ0) is 30.7. The van der Waals surface area contributed by atoms with Crippen molar-refractivity contribution in [2.45, 2.75) is 50.2 Å². The highest BCUT2D eigenvalue weighted by molar-refractivity contribution is 7.89. The number of nitrogens with zero attached hydrogens (tertiary/aromatic N) is 2. The van der Waals surface area contributed by atoms with Crippen LogP contribution >= 0.6 is 11.6 Å². The molecule has 8 nitrogen and oxygen atoms in total. The van der Waals surface area contributed by atoms with Crippen molar-refractivity contribution in [1.29, 1.82) is 0 Å². The lowest BCUT2D eigenvalue weighted by Crippen LogP contribution is -2.50. The molecule has 0 aliphatic rings. The molecule has 0 fully saturated rings. The van der Waals surface area contributed by atoms with Crippen LogP contribution in [0.25, 0.3) is 0 Å². The number of rotatable bonds is 14. The average molecular weight is 619 g/mol. The number of aromatic nitrogens is 1. The van der Waals surface area contributed by atoms with Gasteiger partial charge in [0.2, 0.25) is 21.8 Å². The molecule has 4 rings (SSSR count). The third kappa shape index (κ3) is 9.47. The van der Waals surface area contributed by atoms with Gasteiger partial charge >= 0.3 is 0 Å². The first-order valence-corrected chi connectivity index (χ1v) is 15.9. The summed E-state index contributed by atoms with van der Waals surface area (Å²) in [5, 5.41) is 3.58. The summed E-state index contributed by atoms with van der Waals surface area (Å²) in [5.74, 6) is -0.468. The molecule has 43 heavy (non-hydrogen) atoms. The number of hydrogen-bond donors (Lipinski definition) is 2. The number of benzene rings is 3. The summed E-state index contributed by atoms with van der Waals surface area (Å²) in [7, 11) is -3.57. The fraction of sp³-hybridized carbons (Fsp3) is 0.242. The van der Waals surface area contributed by atoms with Crippen LogP contribution in [0.3, 0.4) is 0 Å². The molecule has 10 heteroatoms. The van der Waals surface area contributed by atoms with Gasteiger partial charge in [0.15, 0.2) is 0 Å². The van der Waals surface area contributed by atoms with Crippen LogP contribution in [0.2, 0.25) is 5.02 Å². The first-order chi connectivity index (χ1) is 20.7. The summed E-state index contributed by atoms with van der Waals surface area (Å²) in [6.07, 6.45) is 4.21. The Labute approximate surface area is 258 Å². The maximum absolute atomic E-state index is 13.9. The lowest BCUT2D eigenvalue weighted by molar-refractivity contribution is -0.141. The Hall–Kier alpha value is -4.05. The molecule has 224 valence electrons. The Morgan fingerprint density at radius 3 is 2.19 bits per heavy atom. The second kappa shape index (κ2) is 15.4. The van der Waals surface area contributed by atoms with E-state index in [0.29, 0.717) is 24.4 Å². The molecular weight excluding hydrogens is 584 g/mol. The summed E-state index contributed by atoms with van der Waals surface area (Å²) in [6, 6.07) is 26.2. The quantitative estimate of drug-likeness (QED) is 0.209. The zero-order valence-corrected chi connectivity index (χ0v) is 25.5. The van der Waals surface area contributed by atoms with Gasteiger partial charge in [-0.2, -0.15) is 0 Å². The first kappa shape index (κ1) is 31.9. The fourth-order valence-electron chi connectivity index (χ4n) is 4.65. The minimum Gasteiger partial charge on any atom is -0.350 e. The van der Waals surface area contributed by atoms with E-state index >= 15 is 0 Å². The Balaban J connectivity index is 1.58. The van der Waals surface area contributed by atoms with Crippen LogP contribution in [0, 0.1) is 0 Å². The SMILES string of the molecule is CCNS(=O)(=O)c1ccc(CCC(=O)N(Cc2ccc(Cl)cc2)C(Cc2ccccc2)C(=O)NCc2cccnc2)cc1. The number of carbonyl (C=O) groups excluding carboxylic acids is 2. The molecule has 0 saturated carbocycles. The van der Waals surface area contributed by atoms with Crippen molar-refractivity contribution < 1.29 is 18.0 Å². The molecule has 0 radical (unpaired) electrons. The molecule has 1 atom stereocenters. The van der Waals surface area contributed by atoms with E-state index < -0.39 is 16.1 Å². The number of pyridine rings is 1. The van der Waals surface area contributed by atoms with Crippen LogP contribution in [0.5, 0.6) is 0 Å². The molecule has 1 aromatic heterocycles. The minimum absolute atomic E-state index is 0.133. The van der Waals surface area contributed by atoms with Crippen LogP contribution in [0.4, 0.5) is 0 Å². The molecule has 0 saturated heterocycles. The van der Waals surface area contributed by atoms with Gasteiger partial charge in [0, 0.05) is 49.9 Å². The van der Waals surface area contributed by atoms with Crippen LogP contribution in [0.1, 0.15) is 35.6 Å². The van der Waals surface area contributed by atoms with E-state index in [1.54, 1.807) is 48.5 Å². The van der Waals surface area contributed by atoms with Crippen LogP contribution in [-0.2, 0) is 45.5 Å². The monoisotopic (exact) mass is 618 g/mol. The third-order valence-corrected chi connectivity index (χ3v) is 8.74. The number of carbonyl (C=O) groups is 2. The molecule has 0 bridgehead atoms. The van der Waals surface area contributed by atoms with Crippen LogP contribution in [-0.4, -0.2) is 42.7 Å². The van der Waals surface area contributed by atoms with Crippen molar-refractivity contribution in [3.8, 4) is 0 Å². The predicted octanol–water partition coefficient (Wildman–Crippen LogP) is 4.92. The van der Waals surface area contributed by atoms with E-state index in [4.69, 9.17) is 11.6 Å². The summed E-state index contributed by atoms with van der Waals surface area (Å²) in [4.78, 5) is 33.6. The Morgan fingerprint density at radius 2 is 1.53 bits per heavy atom. The Bertz CT molecular complexity index is 1580. The normalized spacial score (nSPS) is 12.0. The van der Waals surface area contributed by atoms with Crippen molar-refractivity contribution in [3.63, 3.8) is 0 Å². The standard InChI is InChI=1S/C33H35ClN4O4S/c1-2-37-43(41,42)30-17-12-25(13-18-30)14-19-32(39)38(24-27-10-15-29(34)16-11-27)31(21-26-7-4-3-5-8-26)33(40)36-23-28-9-6-20-35-22-28/h3-13,15-18,20,22,31,37H,2,14,19,21,23-24H2,1H3,(H,36,40). The second-order valence-corrected chi connectivity index (χ2v) is 12.3. The summed E-state index contributed by atoms with van der Waals surface area (Å²) in [5.41, 5.74) is 3.43. The summed E-state index contributed by atoms with van der Waals surface area (Å²) in [6.45, 7) is 2.51. The van der Waals surface area contributed by atoms with E-state index in [1.165, 1.54) is 12.1 Å². The van der Waals surface area contributed by atoms with Gasteiger partial charge in [0.05, 0.1) is 4.90 Å². The summed E-state index contributed by atoms with van der Waals surface area (Å²) >= 11 is 6.11. The highest BCUT2D eigenvalue weighted by Crippen LogP contribution is 2.19. The molecule has 4 aromatic rings. The molecule has 3 aromatic carbocycles. The third-order valence-electron chi connectivity index (χ3n) is 6.92. The minimum atomic E-state index is -3.57. The van der Waals surface area contributed by atoms with Gasteiger partial charge in [0.25, 0.3) is 0 Å². The maximum Gasteiger partial charge on any atom is 0.243 e. The van der Waals surface area contributed by atoms with Gasteiger partial charge in [-0.05, 0) is 59.0 Å². The lowest BCUT2D eigenvalue weighted by atomic mass is 10.0. The molecule has 0 aliphatic heterocycles. The van der Waals surface area contributed by atoms with Gasteiger partial charge in [-0.3, -0.25) is 14.6 Å². The van der Waals surface area contributed by atoms with Crippen molar-refractivity contribution in [2.24, 2.45) is 0 Å². The fourth-order valence-corrected chi connectivity index (χ4v) is 5.82. The first-order valence-electron chi connectivity index (χ1n) is 14.1. The second-order valence-electron chi connectivity index (χ2n) is 10.1. The molecule has 2 amide bonds. The number of hydrogen-bond acceptors (Lipinski definition) is 5.